The Hall–Kier alpha value is -2.83. The van der Waals surface area contributed by atoms with Gasteiger partial charge in [-0.3, -0.25) is 4.79 Å². The van der Waals surface area contributed by atoms with Gasteiger partial charge in [-0.1, -0.05) is 18.2 Å². The first kappa shape index (κ1) is 18.5. The highest BCUT2D eigenvalue weighted by Gasteiger charge is 2.31. The summed E-state index contributed by atoms with van der Waals surface area (Å²) in [6.45, 7) is 3.20. The summed E-state index contributed by atoms with van der Waals surface area (Å²) in [5.74, 6) is -1.58. The first-order valence-corrected chi connectivity index (χ1v) is 7.42. The van der Waals surface area contributed by atoms with E-state index in [1.807, 2.05) is 13.0 Å². The van der Waals surface area contributed by atoms with E-state index in [4.69, 9.17) is 4.74 Å². The van der Waals surface area contributed by atoms with Crippen LogP contribution in [0.1, 0.15) is 28.4 Å². The van der Waals surface area contributed by atoms with Gasteiger partial charge in [-0.2, -0.15) is 13.2 Å². The van der Waals surface area contributed by atoms with Crippen LogP contribution in [-0.4, -0.2) is 18.0 Å². The molecule has 0 saturated heterocycles. The molecular weight excluding hydrogens is 335 g/mol. The van der Waals surface area contributed by atoms with Crippen molar-refractivity contribution >= 4 is 17.6 Å². The highest BCUT2D eigenvalue weighted by molar-refractivity contribution is 5.97. The molecule has 0 unspecified atom stereocenters. The van der Waals surface area contributed by atoms with Crippen LogP contribution in [0.25, 0.3) is 0 Å². The Balaban J connectivity index is 2.03. The minimum absolute atomic E-state index is 0.273. The van der Waals surface area contributed by atoms with Crippen LogP contribution in [0.4, 0.5) is 18.9 Å². The van der Waals surface area contributed by atoms with E-state index < -0.39 is 29.7 Å². The van der Waals surface area contributed by atoms with Crippen LogP contribution in [0.5, 0.6) is 0 Å². The number of carbonyl (C=O) groups is 2. The molecule has 1 N–H and O–H groups in total. The molecular formula is C18H16F3NO3. The van der Waals surface area contributed by atoms with E-state index >= 15 is 0 Å². The Kier molecular flexibility index (Phi) is 5.46. The maximum absolute atomic E-state index is 12.7. The molecule has 2 rings (SSSR count). The van der Waals surface area contributed by atoms with Gasteiger partial charge in [0.25, 0.3) is 5.91 Å². The summed E-state index contributed by atoms with van der Waals surface area (Å²) in [6.07, 6.45) is -5.73. The molecule has 7 heteroatoms. The average Bonchev–Trinajstić information content (AvgIpc) is 2.54. The van der Waals surface area contributed by atoms with Crippen LogP contribution in [0.2, 0.25) is 0 Å². The van der Waals surface area contributed by atoms with E-state index in [-0.39, 0.29) is 5.56 Å². The van der Waals surface area contributed by atoms with Gasteiger partial charge >= 0.3 is 12.1 Å². The zero-order chi connectivity index (χ0) is 18.6. The topological polar surface area (TPSA) is 55.4 Å². The van der Waals surface area contributed by atoms with E-state index in [9.17, 15) is 22.8 Å². The lowest BCUT2D eigenvalue weighted by atomic mass is 10.1. The number of aryl methyl sites for hydroxylation is 1. The predicted molar refractivity (Wildman–Crippen MR) is 86.1 cm³/mol. The molecule has 132 valence electrons. The lowest BCUT2D eigenvalue weighted by molar-refractivity contribution is -0.137. The summed E-state index contributed by atoms with van der Waals surface area (Å²) in [5.41, 5.74) is 0.238. The molecule has 0 heterocycles. The minimum atomic E-state index is -4.57. The number of ether oxygens (including phenoxy) is 1. The van der Waals surface area contributed by atoms with Crippen molar-refractivity contribution in [3.05, 3.63) is 65.2 Å². The molecule has 2 aromatic rings. The number of hydrogen-bond acceptors (Lipinski definition) is 3. The fourth-order valence-electron chi connectivity index (χ4n) is 2.07. The molecule has 0 aliphatic heterocycles. The van der Waals surface area contributed by atoms with Gasteiger partial charge in [-0.05, 0) is 49.7 Å². The number of anilines is 1. The van der Waals surface area contributed by atoms with Gasteiger partial charge in [-0.15, -0.1) is 0 Å². The molecule has 0 saturated carbocycles. The van der Waals surface area contributed by atoms with Gasteiger partial charge in [-0.25, -0.2) is 4.79 Å². The molecule has 1 atom stereocenters. The van der Waals surface area contributed by atoms with Crippen LogP contribution in [0, 0.1) is 6.92 Å². The van der Waals surface area contributed by atoms with Crippen LogP contribution in [0.3, 0.4) is 0 Å². The van der Waals surface area contributed by atoms with Crippen LogP contribution >= 0.6 is 0 Å². The lowest BCUT2D eigenvalue weighted by Crippen LogP contribution is -2.30. The summed E-state index contributed by atoms with van der Waals surface area (Å²) in [6, 6.07) is 10.9. The number of carbonyl (C=O) groups excluding carboxylic acids is 2. The van der Waals surface area contributed by atoms with Crippen molar-refractivity contribution in [3.8, 4) is 0 Å². The lowest BCUT2D eigenvalue weighted by Gasteiger charge is -2.14. The molecule has 0 radical (unpaired) electrons. The summed E-state index contributed by atoms with van der Waals surface area (Å²) in [4.78, 5) is 24.0. The second-order valence-electron chi connectivity index (χ2n) is 5.48. The highest BCUT2D eigenvalue weighted by atomic mass is 19.4. The number of halogens is 3. The van der Waals surface area contributed by atoms with E-state index in [0.717, 1.165) is 17.7 Å². The van der Waals surface area contributed by atoms with E-state index in [1.165, 1.54) is 13.0 Å². The second-order valence-corrected chi connectivity index (χ2v) is 5.48. The third-order valence-corrected chi connectivity index (χ3v) is 3.36. The monoisotopic (exact) mass is 351 g/mol. The molecule has 4 nitrogen and oxygen atoms in total. The van der Waals surface area contributed by atoms with Gasteiger partial charge in [0.15, 0.2) is 6.10 Å². The molecule has 0 fully saturated rings. The number of rotatable bonds is 4. The third-order valence-electron chi connectivity index (χ3n) is 3.36. The Labute approximate surface area is 142 Å². The highest BCUT2D eigenvalue weighted by Crippen LogP contribution is 2.29. The van der Waals surface area contributed by atoms with Crippen LogP contribution in [0.15, 0.2) is 48.5 Å². The largest absolute Gasteiger partial charge is 0.449 e. The number of benzene rings is 2. The predicted octanol–water partition coefficient (Wildman–Crippen LogP) is 4.20. The first-order valence-electron chi connectivity index (χ1n) is 7.42. The summed E-state index contributed by atoms with van der Waals surface area (Å²) in [7, 11) is 0. The van der Waals surface area contributed by atoms with Gasteiger partial charge in [0.1, 0.15) is 0 Å². The number of hydrogen-bond donors (Lipinski definition) is 1. The van der Waals surface area contributed by atoms with Crippen molar-refractivity contribution < 1.29 is 27.5 Å². The standard InChI is InChI=1S/C18H16F3NO3/c1-11-5-3-8-15(9-11)22-16(23)12(2)25-17(24)13-6-4-7-14(10-13)18(19,20)21/h3-10,12H,1-2H3,(H,22,23)/t12-/m1/s1. The molecule has 25 heavy (non-hydrogen) atoms. The average molecular weight is 351 g/mol. The van der Waals surface area contributed by atoms with E-state index in [0.29, 0.717) is 11.8 Å². The number of nitrogens with one attached hydrogen (secondary N) is 1. The van der Waals surface area contributed by atoms with Gasteiger partial charge in [0.2, 0.25) is 0 Å². The van der Waals surface area contributed by atoms with Crippen molar-refractivity contribution in [1.29, 1.82) is 0 Å². The summed E-state index contributed by atoms with van der Waals surface area (Å²) >= 11 is 0. The zero-order valence-electron chi connectivity index (χ0n) is 13.6. The number of amides is 1. The fraction of sp³-hybridized carbons (Fsp3) is 0.222. The molecule has 0 aliphatic carbocycles. The Morgan fingerprint density at radius 3 is 2.40 bits per heavy atom. The van der Waals surface area contributed by atoms with Crippen LogP contribution in [-0.2, 0) is 15.7 Å². The van der Waals surface area contributed by atoms with Crippen molar-refractivity contribution in [2.45, 2.75) is 26.1 Å². The SMILES string of the molecule is Cc1cccc(NC(=O)[C@@H](C)OC(=O)c2cccc(C(F)(F)F)c2)c1. The van der Waals surface area contributed by atoms with Crippen molar-refractivity contribution in [2.75, 3.05) is 5.32 Å². The molecule has 0 bridgehead atoms. The van der Waals surface area contributed by atoms with Crippen LogP contribution < -0.4 is 5.32 Å². The maximum atomic E-state index is 12.7. The smallest absolute Gasteiger partial charge is 0.416 e. The fourth-order valence-corrected chi connectivity index (χ4v) is 2.07. The molecule has 2 aromatic carbocycles. The van der Waals surface area contributed by atoms with Gasteiger partial charge < -0.3 is 10.1 Å². The molecule has 1 amide bonds. The quantitative estimate of drug-likeness (QED) is 0.840. The van der Waals surface area contributed by atoms with Crippen molar-refractivity contribution in [1.82, 2.24) is 0 Å². The molecule has 0 aliphatic rings. The Morgan fingerprint density at radius 2 is 1.76 bits per heavy atom. The summed E-state index contributed by atoms with van der Waals surface area (Å²) < 4.78 is 43.0. The van der Waals surface area contributed by atoms with Crippen molar-refractivity contribution in [3.63, 3.8) is 0 Å². The molecule has 0 spiro atoms. The minimum Gasteiger partial charge on any atom is -0.449 e. The molecule has 0 aromatic heterocycles. The third kappa shape index (κ3) is 5.07. The summed E-state index contributed by atoms with van der Waals surface area (Å²) in [5, 5.41) is 2.58. The normalized spacial score (nSPS) is 12.4. The van der Waals surface area contributed by atoms with E-state index in [2.05, 4.69) is 5.32 Å². The second kappa shape index (κ2) is 7.38. The van der Waals surface area contributed by atoms with Gasteiger partial charge in [0.05, 0.1) is 11.1 Å². The Bertz CT molecular complexity index is 787. The number of alkyl halides is 3. The number of esters is 1. The van der Waals surface area contributed by atoms with E-state index in [1.54, 1.807) is 18.2 Å². The van der Waals surface area contributed by atoms with Gasteiger partial charge in [0, 0.05) is 5.69 Å². The Morgan fingerprint density at radius 1 is 1.08 bits per heavy atom. The van der Waals surface area contributed by atoms with Crippen molar-refractivity contribution in [2.24, 2.45) is 0 Å². The maximum Gasteiger partial charge on any atom is 0.416 e. The first-order chi connectivity index (χ1) is 11.7. The zero-order valence-corrected chi connectivity index (χ0v) is 13.6.